The summed E-state index contributed by atoms with van der Waals surface area (Å²) in [5, 5.41) is 3.08. The predicted octanol–water partition coefficient (Wildman–Crippen LogP) is 2.72. The summed E-state index contributed by atoms with van der Waals surface area (Å²) in [6, 6.07) is 3.37. The van der Waals surface area contributed by atoms with Gasteiger partial charge in [-0.1, -0.05) is 12.8 Å². The van der Waals surface area contributed by atoms with Crippen LogP contribution in [0.5, 0.6) is 0 Å². The number of pyridine rings is 1. The number of urea groups is 1. The van der Waals surface area contributed by atoms with Crippen molar-refractivity contribution in [1.82, 2.24) is 29.7 Å². The third kappa shape index (κ3) is 4.47. The first kappa shape index (κ1) is 19.9. The van der Waals surface area contributed by atoms with Crippen molar-refractivity contribution in [1.29, 1.82) is 0 Å². The number of imidazole rings is 1. The molecule has 4 rings (SSSR count). The zero-order valence-corrected chi connectivity index (χ0v) is 16.2. The van der Waals surface area contributed by atoms with Gasteiger partial charge in [0.15, 0.2) is 5.65 Å². The molecule has 158 valence electrons. The second-order valence-corrected chi connectivity index (χ2v) is 7.69. The van der Waals surface area contributed by atoms with Gasteiger partial charge in [0.1, 0.15) is 5.52 Å². The number of carbonyl (C=O) groups is 1. The van der Waals surface area contributed by atoms with E-state index in [1.807, 2.05) is 0 Å². The zero-order chi connectivity index (χ0) is 20.4. The number of nitrogens with zero attached hydrogens (tertiary/aromatic N) is 5. The summed E-state index contributed by atoms with van der Waals surface area (Å²) in [5.41, 5.74) is 0.489. The molecular weight excluding hydrogens is 385 g/mol. The lowest BCUT2D eigenvalue weighted by atomic mass is 10.2. The predicted molar refractivity (Wildman–Crippen MR) is 101 cm³/mol. The number of carbonyl (C=O) groups excluding carboxylic acids is 1. The highest BCUT2D eigenvalue weighted by Gasteiger charge is 2.38. The van der Waals surface area contributed by atoms with E-state index in [-0.39, 0.29) is 29.8 Å². The van der Waals surface area contributed by atoms with Crippen molar-refractivity contribution in [3.05, 3.63) is 24.2 Å². The highest BCUT2D eigenvalue weighted by Crippen LogP contribution is 2.30. The van der Waals surface area contributed by atoms with Gasteiger partial charge in [-0.05, 0) is 25.0 Å². The van der Waals surface area contributed by atoms with Gasteiger partial charge in [0.2, 0.25) is 5.82 Å². The molecule has 2 fully saturated rings. The Bertz CT molecular complexity index is 853. The van der Waals surface area contributed by atoms with Gasteiger partial charge in [-0.25, -0.2) is 14.8 Å². The van der Waals surface area contributed by atoms with Crippen LogP contribution >= 0.6 is 0 Å². The molecule has 3 heterocycles. The van der Waals surface area contributed by atoms with Gasteiger partial charge in [-0.3, -0.25) is 4.90 Å². The smallest absolute Gasteiger partial charge is 0.335 e. The lowest BCUT2D eigenvalue weighted by Crippen LogP contribution is -2.53. The summed E-state index contributed by atoms with van der Waals surface area (Å²) in [6.45, 7) is 3.03. The monoisotopic (exact) mass is 410 g/mol. The average Bonchev–Trinajstić information content (AvgIpc) is 3.34. The fraction of sp³-hybridized carbons (Fsp3) is 0.632. The summed E-state index contributed by atoms with van der Waals surface area (Å²) in [4.78, 5) is 24.0. The minimum atomic E-state index is -4.53. The number of rotatable bonds is 4. The van der Waals surface area contributed by atoms with Gasteiger partial charge >= 0.3 is 12.2 Å². The van der Waals surface area contributed by atoms with Crippen LogP contribution in [0.1, 0.15) is 31.5 Å². The first-order valence-corrected chi connectivity index (χ1v) is 10.1. The van der Waals surface area contributed by atoms with Crippen LogP contribution in [0.15, 0.2) is 18.3 Å². The van der Waals surface area contributed by atoms with E-state index < -0.39 is 12.0 Å². The molecule has 2 aromatic heterocycles. The number of nitrogens with one attached hydrogen (secondary N) is 1. The van der Waals surface area contributed by atoms with Crippen molar-refractivity contribution < 1.29 is 18.0 Å². The molecule has 7 nitrogen and oxygen atoms in total. The lowest BCUT2D eigenvalue weighted by Gasteiger charge is -2.35. The van der Waals surface area contributed by atoms with Crippen LogP contribution in [-0.4, -0.2) is 69.1 Å². The average molecular weight is 410 g/mol. The Morgan fingerprint density at radius 3 is 2.55 bits per heavy atom. The van der Waals surface area contributed by atoms with E-state index in [0.29, 0.717) is 32.7 Å². The molecule has 1 aliphatic heterocycles. The molecular formula is C19H25F3N6O. The first-order valence-electron chi connectivity index (χ1n) is 10.1. The maximum absolute atomic E-state index is 13.4. The van der Waals surface area contributed by atoms with Crippen LogP contribution in [0.2, 0.25) is 0 Å². The van der Waals surface area contributed by atoms with Gasteiger partial charge in [0, 0.05) is 51.5 Å². The molecule has 29 heavy (non-hydrogen) atoms. The molecule has 1 N–H and O–H groups in total. The van der Waals surface area contributed by atoms with E-state index in [2.05, 4.69) is 20.2 Å². The number of aromatic nitrogens is 3. The summed E-state index contributed by atoms with van der Waals surface area (Å²) in [6.07, 6.45) is 1.35. The molecule has 0 radical (unpaired) electrons. The highest BCUT2D eigenvalue weighted by atomic mass is 19.4. The molecule has 2 aromatic rings. The van der Waals surface area contributed by atoms with Crippen LogP contribution in [0, 0.1) is 0 Å². The van der Waals surface area contributed by atoms with Crippen LogP contribution in [-0.2, 0) is 12.7 Å². The minimum absolute atomic E-state index is 0.0271. The van der Waals surface area contributed by atoms with Crippen molar-refractivity contribution in [2.24, 2.45) is 0 Å². The second-order valence-electron chi connectivity index (χ2n) is 7.69. The van der Waals surface area contributed by atoms with Crippen LogP contribution in [0.3, 0.4) is 0 Å². The minimum Gasteiger partial charge on any atom is -0.335 e. The Hall–Kier alpha value is -2.36. The molecule has 2 aliphatic rings. The van der Waals surface area contributed by atoms with Gasteiger partial charge in [0.05, 0.1) is 0 Å². The van der Waals surface area contributed by atoms with Gasteiger partial charge in [-0.15, -0.1) is 0 Å². The van der Waals surface area contributed by atoms with E-state index in [4.69, 9.17) is 0 Å². The molecule has 0 atom stereocenters. The van der Waals surface area contributed by atoms with E-state index in [1.54, 1.807) is 11.0 Å². The quantitative estimate of drug-likeness (QED) is 0.842. The number of alkyl halides is 3. The Kier molecular flexibility index (Phi) is 5.62. The maximum atomic E-state index is 13.4. The maximum Gasteiger partial charge on any atom is 0.449 e. The lowest BCUT2D eigenvalue weighted by molar-refractivity contribution is -0.147. The van der Waals surface area contributed by atoms with Gasteiger partial charge in [-0.2, -0.15) is 13.2 Å². The Morgan fingerprint density at radius 2 is 1.86 bits per heavy atom. The fourth-order valence-corrected chi connectivity index (χ4v) is 4.14. The number of halogens is 3. The third-order valence-corrected chi connectivity index (χ3v) is 5.74. The number of hydrogen-bond donors (Lipinski definition) is 1. The van der Waals surface area contributed by atoms with Gasteiger partial charge < -0.3 is 14.8 Å². The third-order valence-electron chi connectivity index (χ3n) is 5.74. The zero-order valence-electron chi connectivity index (χ0n) is 16.2. The van der Waals surface area contributed by atoms with Gasteiger partial charge in [0.25, 0.3) is 0 Å². The van der Waals surface area contributed by atoms with Crippen LogP contribution in [0.4, 0.5) is 18.0 Å². The second kappa shape index (κ2) is 8.17. The molecule has 10 heteroatoms. The summed E-state index contributed by atoms with van der Waals surface area (Å²) >= 11 is 0. The van der Waals surface area contributed by atoms with Crippen LogP contribution < -0.4 is 5.32 Å². The van der Waals surface area contributed by atoms with Crippen molar-refractivity contribution in [3.8, 4) is 0 Å². The SMILES string of the molecule is O=C(NC1CCCC1)N1CCN(CCn2c(C(F)(F)F)nc3cccnc32)CC1. The normalized spacial score (nSPS) is 19.2. The Morgan fingerprint density at radius 1 is 1.14 bits per heavy atom. The van der Waals surface area contributed by atoms with Crippen molar-refractivity contribution >= 4 is 17.2 Å². The van der Waals surface area contributed by atoms with E-state index in [0.717, 1.165) is 30.3 Å². The number of hydrogen-bond acceptors (Lipinski definition) is 4. The summed E-state index contributed by atoms with van der Waals surface area (Å²) in [5.74, 6) is -0.916. The summed E-state index contributed by atoms with van der Waals surface area (Å²) < 4.78 is 41.3. The van der Waals surface area contributed by atoms with Crippen molar-refractivity contribution in [2.75, 3.05) is 32.7 Å². The number of amides is 2. The van der Waals surface area contributed by atoms with Crippen molar-refractivity contribution in [3.63, 3.8) is 0 Å². The fourth-order valence-electron chi connectivity index (χ4n) is 4.14. The Balaban J connectivity index is 1.34. The number of fused-ring (bicyclic) bond motifs is 1. The Labute approximate surface area is 166 Å². The van der Waals surface area contributed by atoms with E-state index >= 15 is 0 Å². The van der Waals surface area contributed by atoms with Crippen molar-refractivity contribution in [2.45, 2.75) is 44.4 Å². The largest absolute Gasteiger partial charge is 0.449 e. The van der Waals surface area contributed by atoms with E-state index in [1.165, 1.54) is 12.3 Å². The molecule has 0 spiro atoms. The molecule has 1 saturated carbocycles. The number of piperazine rings is 1. The molecule has 0 unspecified atom stereocenters. The molecule has 0 aromatic carbocycles. The van der Waals surface area contributed by atoms with E-state index in [9.17, 15) is 18.0 Å². The standard InChI is InChI=1S/C19H25F3N6O/c20-19(21,22)17-25-15-6-3-7-23-16(15)28(17)13-10-26-8-11-27(12-9-26)18(29)24-14-4-1-2-5-14/h3,6-7,14H,1-2,4-5,8-13H2,(H,24,29). The van der Waals surface area contributed by atoms with Crippen LogP contribution in [0.25, 0.3) is 11.2 Å². The molecule has 0 bridgehead atoms. The molecule has 2 amide bonds. The highest BCUT2D eigenvalue weighted by molar-refractivity contribution is 5.74. The summed E-state index contributed by atoms with van der Waals surface area (Å²) in [7, 11) is 0. The molecule has 1 aliphatic carbocycles. The molecule has 1 saturated heterocycles. The first-order chi connectivity index (χ1) is 13.9. The topological polar surface area (TPSA) is 66.3 Å².